The number of nitrogens with zero attached hydrogens (tertiary/aromatic N) is 2. The fourth-order valence-corrected chi connectivity index (χ4v) is 4.24. The molecule has 1 amide bonds. The zero-order valence-electron chi connectivity index (χ0n) is 18.4. The van der Waals surface area contributed by atoms with E-state index in [0.717, 1.165) is 16.7 Å². The molecule has 3 aromatic rings. The molecule has 0 saturated carbocycles. The molecule has 0 heterocycles. The van der Waals surface area contributed by atoms with Crippen molar-refractivity contribution in [3.63, 3.8) is 0 Å². The average molecular weight is 437 g/mol. The molecule has 0 fully saturated rings. The Labute approximate surface area is 185 Å². The van der Waals surface area contributed by atoms with E-state index in [1.807, 2.05) is 56.3 Å². The highest BCUT2D eigenvalue weighted by Gasteiger charge is 2.19. The smallest absolute Gasteiger partial charge is 0.253 e. The standard InChI is InChI=1S/C25H28N2O3S/c1-19-8-10-21(11-9-19)17-26(3)25(28)23-14-12-22(13-15-23)18-27(31(4,29)30)24-7-5-6-20(2)16-24/h5-16H,17-18H2,1-4H3. The van der Waals surface area contributed by atoms with E-state index in [9.17, 15) is 13.2 Å². The molecule has 0 aromatic heterocycles. The van der Waals surface area contributed by atoms with Crippen LogP contribution in [0.1, 0.15) is 32.6 Å². The fourth-order valence-electron chi connectivity index (χ4n) is 3.36. The van der Waals surface area contributed by atoms with Gasteiger partial charge in [0, 0.05) is 19.2 Å². The quantitative estimate of drug-likeness (QED) is 0.546. The molecule has 31 heavy (non-hydrogen) atoms. The summed E-state index contributed by atoms with van der Waals surface area (Å²) in [6.07, 6.45) is 1.20. The number of hydrogen-bond donors (Lipinski definition) is 0. The topological polar surface area (TPSA) is 57.7 Å². The van der Waals surface area contributed by atoms with Crippen molar-refractivity contribution >= 4 is 21.6 Å². The Morgan fingerprint density at radius 2 is 1.39 bits per heavy atom. The van der Waals surface area contributed by atoms with E-state index < -0.39 is 10.0 Å². The summed E-state index contributed by atoms with van der Waals surface area (Å²) in [4.78, 5) is 14.5. The van der Waals surface area contributed by atoms with Gasteiger partial charge >= 0.3 is 0 Å². The second-order valence-corrected chi connectivity index (χ2v) is 9.86. The van der Waals surface area contributed by atoms with Gasteiger partial charge in [0.15, 0.2) is 0 Å². The monoisotopic (exact) mass is 436 g/mol. The third kappa shape index (κ3) is 5.95. The van der Waals surface area contributed by atoms with Crippen LogP contribution in [0.5, 0.6) is 0 Å². The third-order valence-electron chi connectivity index (χ3n) is 5.10. The number of anilines is 1. The van der Waals surface area contributed by atoms with E-state index in [0.29, 0.717) is 17.8 Å². The molecule has 0 N–H and O–H groups in total. The van der Waals surface area contributed by atoms with Crippen LogP contribution in [0.15, 0.2) is 72.8 Å². The predicted molar refractivity (Wildman–Crippen MR) is 126 cm³/mol. The van der Waals surface area contributed by atoms with Crippen LogP contribution in [0.3, 0.4) is 0 Å². The van der Waals surface area contributed by atoms with Crippen molar-refractivity contribution in [1.82, 2.24) is 4.90 Å². The first kappa shape index (κ1) is 22.6. The lowest BCUT2D eigenvalue weighted by atomic mass is 10.1. The Morgan fingerprint density at radius 1 is 0.806 bits per heavy atom. The van der Waals surface area contributed by atoms with Crippen LogP contribution >= 0.6 is 0 Å². The molecule has 0 bridgehead atoms. The molecule has 0 saturated heterocycles. The number of carbonyl (C=O) groups excluding carboxylic acids is 1. The van der Waals surface area contributed by atoms with Gasteiger partial charge in [-0.2, -0.15) is 0 Å². The summed E-state index contributed by atoms with van der Waals surface area (Å²) in [6, 6.07) is 22.6. The van der Waals surface area contributed by atoms with Gasteiger partial charge in [-0.1, -0.05) is 54.1 Å². The summed E-state index contributed by atoms with van der Waals surface area (Å²) in [5.41, 5.74) is 5.25. The number of hydrogen-bond acceptors (Lipinski definition) is 3. The van der Waals surface area contributed by atoms with E-state index in [4.69, 9.17) is 0 Å². The minimum Gasteiger partial charge on any atom is -0.337 e. The Kier molecular flexibility index (Phi) is 6.81. The van der Waals surface area contributed by atoms with Crippen molar-refractivity contribution in [2.45, 2.75) is 26.9 Å². The number of amides is 1. The minimum absolute atomic E-state index is 0.0780. The number of sulfonamides is 1. The zero-order chi connectivity index (χ0) is 22.6. The van der Waals surface area contributed by atoms with Gasteiger partial charge < -0.3 is 4.90 Å². The first-order valence-electron chi connectivity index (χ1n) is 10.1. The molecule has 0 aliphatic heterocycles. The number of carbonyl (C=O) groups is 1. The molecule has 0 spiro atoms. The Balaban J connectivity index is 1.73. The van der Waals surface area contributed by atoms with Crippen molar-refractivity contribution in [3.05, 3.63) is 101 Å². The van der Waals surface area contributed by atoms with Gasteiger partial charge in [0.1, 0.15) is 0 Å². The van der Waals surface area contributed by atoms with E-state index >= 15 is 0 Å². The van der Waals surface area contributed by atoms with Gasteiger partial charge in [-0.15, -0.1) is 0 Å². The maximum atomic E-state index is 12.8. The molecule has 162 valence electrons. The summed E-state index contributed by atoms with van der Waals surface area (Å²) in [7, 11) is -1.68. The largest absolute Gasteiger partial charge is 0.337 e. The summed E-state index contributed by atoms with van der Waals surface area (Å²) in [6.45, 7) is 4.69. The average Bonchev–Trinajstić information content (AvgIpc) is 2.72. The van der Waals surface area contributed by atoms with E-state index in [1.54, 1.807) is 42.3 Å². The summed E-state index contributed by atoms with van der Waals surface area (Å²) < 4.78 is 26.1. The summed E-state index contributed by atoms with van der Waals surface area (Å²) >= 11 is 0. The number of aryl methyl sites for hydroxylation is 2. The molecule has 0 atom stereocenters. The highest BCUT2D eigenvalue weighted by molar-refractivity contribution is 7.92. The first-order valence-corrected chi connectivity index (χ1v) is 11.9. The van der Waals surface area contributed by atoms with Crippen molar-refractivity contribution in [2.75, 3.05) is 17.6 Å². The molecule has 6 heteroatoms. The van der Waals surface area contributed by atoms with Gasteiger partial charge in [0.05, 0.1) is 18.5 Å². The summed E-state index contributed by atoms with van der Waals surface area (Å²) in [5, 5.41) is 0. The Bertz CT molecular complexity index is 1150. The van der Waals surface area contributed by atoms with Crippen LogP contribution in [0.2, 0.25) is 0 Å². The van der Waals surface area contributed by atoms with E-state index in [1.165, 1.54) is 16.1 Å². The van der Waals surface area contributed by atoms with Crippen LogP contribution in [0.4, 0.5) is 5.69 Å². The molecule has 0 aliphatic rings. The summed E-state index contributed by atoms with van der Waals surface area (Å²) in [5.74, 6) is -0.0780. The normalized spacial score (nSPS) is 11.2. The van der Waals surface area contributed by atoms with Crippen molar-refractivity contribution in [3.8, 4) is 0 Å². The van der Waals surface area contributed by atoms with Crippen molar-refractivity contribution in [1.29, 1.82) is 0 Å². The molecule has 3 aromatic carbocycles. The van der Waals surface area contributed by atoms with Gasteiger partial charge in [-0.3, -0.25) is 9.10 Å². The van der Waals surface area contributed by atoms with Gasteiger partial charge in [0.2, 0.25) is 10.0 Å². The molecule has 0 unspecified atom stereocenters. The highest BCUT2D eigenvalue weighted by atomic mass is 32.2. The Hall–Kier alpha value is -3.12. The van der Waals surface area contributed by atoms with Gasteiger partial charge in [-0.25, -0.2) is 8.42 Å². The first-order chi connectivity index (χ1) is 14.6. The van der Waals surface area contributed by atoms with Gasteiger partial charge in [0.25, 0.3) is 5.91 Å². The van der Waals surface area contributed by atoms with Crippen molar-refractivity contribution in [2.24, 2.45) is 0 Å². The minimum atomic E-state index is -3.45. The SMILES string of the molecule is Cc1ccc(CN(C)C(=O)c2ccc(CN(c3cccc(C)c3)S(C)(=O)=O)cc2)cc1. The van der Waals surface area contributed by atoms with Crippen LogP contribution in [0, 0.1) is 13.8 Å². The van der Waals surface area contributed by atoms with Crippen LogP contribution in [0.25, 0.3) is 0 Å². The lowest BCUT2D eigenvalue weighted by Gasteiger charge is -2.23. The maximum Gasteiger partial charge on any atom is 0.253 e. The second-order valence-electron chi connectivity index (χ2n) is 7.95. The van der Waals surface area contributed by atoms with Gasteiger partial charge in [-0.05, 0) is 54.8 Å². The predicted octanol–water partition coefficient (Wildman–Crippen LogP) is 4.54. The number of rotatable bonds is 7. The Morgan fingerprint density at radius 3 is 1.97 bits per heavy atom. The highest BCUT2D eigenvalue weighted by Crippen LogP contribution is 2.22. The van der Waals surface area contributed by atoms with Crippen molar-refractivity contribution < 1.29 is 13.2 Å². The fraction of sp³-hybridized carbons (Fsp3) is 0.240. The number of benzene rings is 3. The van der Waals surface area contributed by atoms with Crippen LogP contribution in [-0.4, -0.2) is 32.5 Å². The molecule has 0 radical (unpaired) electrons. The van der Waals surface area contributed by atoms with E-state index in [2.05, 4.69) is 0 Å². The molecule has 5 nitrogen and oxygen atoms in total. The second kappa shape index (κ2) is 9.35. The lowest BCUT2D eigenvalue weighted by molar-refractivity contribution is 0.0785. The van der Waals surface area contributed by atoms with Crippen LogP contribution in [-0.2, 0) is 23.1 Å². The molecular weight excluding hydrogens is 408 g/mol. The lowest BCUT2D eigenvalue weighted by Crippen LogP contribution is -2.29. The molecule has 3 rings (SSSR count). The van der Waals surface area contributed by atoms with Crippen LogP contribution < -0.4 is 4.31 Å². The zero-order valence-corrected chi connectivity index (χ0v) is 19.2. The maximum absolute atomic E-state index is 12.8. The molecular formula is C25H28N2O3S. The van der Waals surface area contributed by atoms with E-state index in [-0.39, 0.29) is 12.5 Å². The third-order valence-corrected chi connectivity index (χ3v) is 6.24. The molecule has 0 aliphatic carbocycles.